The normalized spacial score (nSPS) is 24.8. The molecule has 0 saturated carbocycles. The zero-order chi connectivity index (χ0) is 17.3. The Labute approximate surface area is 158 Å². The Morgan fingerprint density at radius 2 is 1.75 bits per heavy atom. The highest BCUT2D eigenvalue weighted by Gasteiger charge is 2.47. The molecular formula is C19H19Br2NO2. The Bertz CT molecular complexity index is 765. The highest BCUT2D eigenvalue weighted by Crippen LogP contribution is 2.42. The fourth-order valence-corrected chi connectivity index (χ4v) is 4.48. The van der Waals surface area contributed by atoms with Crippen LogP contribution >= 0.6 is 31.9 Å². The smallest absolute Gasteiger partial charge is 0.171 e. The third-order valence-electron chi connectivity index (χ3n) is 4.74. The van der Waals surface area contributed by atoms with Crippen molar-refractivity contribution >= 4 is 37.6 Å². The summed E-state index contributed by atoms with van der Waals surface area (Å²) in [7, 11) is 1.99. The Kier molecular flexibility index (Phi) is 5.25. The van der Waals surface area contributed by atoms with E-state index in [4.69, 9.17) is 0 Å². The van der Waals surface area contributed by atoms with Gasteiger partial charge in [0.1, 0.15) is 5.60 Å². The minimum absolute atomic E-state index is 0.0349. The number of rotatable bonds is 3. The summed E-state index contributed by atoms with van der Waals surface area (Å²) in [6.07, 6.45) is 0.521. The van der Waals surface area contributed by atoms with E-state index in [1.165, 1.54) is 0 Å². The Morgan fingerprint density at radius 3 is 2.42 bits per heavy atom. The summed E-state index contributed by atoms with van der Waals surface area (Å²) in [5, 5.41) is 11.5. The maximum atomic E-state index is 13.2. The summed E-state index contributed by atoms with van der Waals surface area (Å²) in [4.78, 5) is 15.3. The van der Waals surface area contributed by atoms with E-state index in [2.05, 4.69) is 36.8 Å². The molecule has 0 unspecified atom stereocenters. The maximum absolute atomic E-state index is 13.2. The third-order valence-corrected chi connectivity index (χ3v) is 6.12. The molecule has 0 bridgehead atoms. The number of hydrogen-bond donors (Lipinski definition) is 1. The Morgan fingerprint density at radius 1 is 1.12 bits per heavy atom. The number of hydrogen-bond acceptors (Lipinski definition) is 3. The van der Waals surface area contributed by atoms with Crippen LogP contribution in [0, 0.1) is 5.92 Å². The molecule has 1 saturated heterocycles. The fourth-order valence-electron chi connectivity index (χ4n) is 3.37. The van der Waals surface area contributed by atoms with Gasteiger partial charge in [0.2, 0.25) is 0 Å². The third kappa shape index (κ3) is 3.23. The van der Waals surface area contributed by atoms with Crippen LogP contribution in [0.25, 0.3) is 0 Å². The van der Waals surface area contributed by atoms with Crippen LogP contribution in [0.1, 0.15) is 22.3 Å². The monoisotopic (exact) mass is 451 g/mol. The summed E-state index contributed by atoms with van der Waals surface area (Å²) in [6, 6.07) is 15.0. The molecule has 0 radical (unpaired) electrons. The second-order valence-electron chi connectivity index (χ2n) is 6.31. The largest absolute Gasteiger partial charge is 0.384 e. The van der Waals surface area contributed by atoms with Gasteiger partial charge in [-0.15, -0.1) is 0 Å². The first-order valence-corrected chi connectivity index (χ1v) is 9.47. The molecule has 1 aliphatic rings. The highest BCUT2D eigenvalue weighted by atomic mass is 79.9. The molecular weight excluding hydrogens is 434 g/mol. The zero-order valence-electron chi connectivity index (χ0n) is 13.4. The van der Waals surface area contributed by atoms with Crippen molar-refractivity contribution < 1.29 is 9.90 Å². The molecule has 0 amide bonds. The van der Waals surface area contributed by atoms with Gasteiger partial charge in [-0.3, -0.25) is 4.79 Å². The molecule has 2 aromatic carbocycles. The summed E-state index contributed by atoms with van der Waals surface area (Å²) in [5.41, 5.74) is 0.214. The van der Waals surface area contributed by atoms with Crippen LogP contribution in [0.3, 0.4) is 0 Å². The predicted molar refractivity (Wildman–Crippen MR) is 102 cm³/mol. The number of Topliss-reactive ketones (excluding diaryl/α,β-unsaturated/α-hetero) is 1. The minimum atomic E-state index is -1.18. The van der Waals surface area contributed by atoms with Crippen LogP contribution in [0.4, 0.5) is 0 Å². The van der Waals surface area contributed by atoms with Gasteiger partial charge >= 0.3 is 0 Å². The number of aliphatic hydroxyl groups is 1. The second kappa shape index (κ2) is 7.08. The highest BCUT2D eigenvalue weighted by molar-refractivity contribution is 9.10. The summed E-state index contributed by atoms with van der Waals surface area (Å²) in [6.45, 7) is 1.27. The van der Waals surface area contributed by atoms with Gasteiger partial charge in [0, 0.05) is 27.6 Å². The standard InChI is InChI=1S/C19H19Br2NO2/c1-22-11-10-19(24,14-7-3-5-9-17(14)21)15(12-22)18(23)13-6-2-4-8-16(13)20/h2-9,15,24H,10-12H2,1H3/t15-,19+/m0/s1. The average molecular weight is 453 g/mol. The first-order valence-electron chi connectivity index (χ1n) is 7.88. The van der Waals surface area contributed by atoms with Crippen LogP contribution < -0.4 is 0 Å². The molecule has 1 heterocycles. The van der Waals surface area contributed by atoms with Crippen molar-refractivity contribution in [1.82, 2.24) is 4.90 Å². The van der Waals surface area contributed by atoms with Crippen LogP contribution in [0.2, 0.25) is 0 Å². The molecule has 126 valence electrons. The lowest BCUT2D eigenvalue weighted by molar-refractivity contribution is -0.0599. The molecule has 24 heavy (non-hydrogen) atoms. The summed E-state index contributed by atoms with van der Waals surface area (Å²) >= 11 is 7.00. The number of halogens is 2. The average Bonchev–Trinajstić information content (AvgIpc) is 2.57. The number of ketones is 1. The summed E-state index contributed by atoms with van der Waals surface area (Å²) in [5.74, 6) is -0.555. The SMILES string of the molecule is CN1CC[C@@](O)(c2ccccc2Br)[C@H](C(=O)c2ccccc2Br)C1. The molecule has 1 aliphatic heterocycles. The van der Waals surface area contributed by atoms with Crippen molar-refractivity contribution in [2.24, 2.45) is 5.92 Å². The number of benzene rings is 2. The number of carbonyl (C=O) groups is 1. The fraction of sp³-hybridized carbons (Fsp3) is 0.316. The lowest BCUT2D eigenvalue weighted by atomic mass is 9.73. The van der Waals surface area contributed by atoms with Gasteiger partial charge in [-0.25, -0.2) is 0 Å². The molecule has 5 heteroatoms. The van der Waals surface area contributed by atoms with Crippen LogP contribution in [-0.4, -0.2) is 35.9 Å². The topological polar surface area (TPSA) is 40.5 Å². The molecule has 3 nitrogen and oxygen atoms in total. The van der Waals surface area contributed by atoms with E-state index in [1.807, 2.05) is 55.6 Å². The van der Waals surface area contributed by atoms with Gasteiger partial charge < -0.3 is 10.0 Å². The molecule has 0 spiro atoms. The Hall–Kier alpha value is -1.01. The van der Waals surface area contributed by atoms with Crippen molar-refractivity contribution in [3.05, 3.63) is 68.6 Å². The van der Waals surface area contributed by atoms with E-state index >= 15 is 0 Å². The summed E-state index contributed by atoms with van der Waals surface area (Å²) < 4.78 is 1.60. The van der Waals surface area contributed by atoms with Crippen molar-refractivity contribution in [1.29, 1.82) is 0 Å². The first kappa shape index (κ1) is 17.8. The molecule has 3 rings (SSSR count). The second-order valence-corrected chi connectivity index (χ2v) is 8.02. The molecule has 0 aromatic heterocycles. The number of carbonyl (C=O) groups excluding carboxylic acids is 1. The van der Waals surface area contributed by atoms with Crippen LogP contribution in [-0.2, 0) is 5.60 Å². The maximum Gasteiger partial charge on any atom is 0.171 e. The lowest BCUT2D eigenvalue weighted by Crippen LogP contribution is -2.52. The van der Waals surface area contributed by atoms with E-state index in [0.717, 1.165) is 21.1 Å². The molecule has 2 atom stereocenters. The van der Waals surface area contributed by atoms with Gasteiger partial charge in [-0.05, 0) is 31.2 Å². The van der Waals surface area contributed by atoms with Crippen molar-refractivity contribution in [2.45, 2.75) is 12.0 Å². The molecule has 2 aromatic rings. The van der Waals surface area contributed by atoms with Crippen molar-refractivity contribution in [2.75, 3.05) is 20.1 Å². The van der Waals surface area contributed by atoms with E-state index in [1.54, 1.807) is 0 Å². The van der Waals surface area contributed by atoms with E-state index in [-0.39, 0.29) is 5.78 Å². The van der Waals surface area contributed by atoms with Gasteiger partial charge in [-0.2, -0.15) is 0 Å². The Balaban J connectivity index is 2.06. The zero-order valence-corrected chi connectivity index (χ0v) is 16.5. The van der Waals surface area contributed by atoms with Crippen molar-refractivity contribution in [3.8, 4) is 0 Å². The van der Waals surface area contributed by atoms with E-state index in [9.17, 15) is 9.90 Å². The molecule has 0 aliphatic carbocycles. The van der Waals surface area contributed by atoms with E-state index < -0.39 is 11.5 Å². The predicted octanol–water partition coefficient (Wildman–Crippen LogP) is 4.23. The molecule has 1 fully saturated rings. The molecule has 1 N–H and O–H groups in total. The van der Waals surface area contributed by atoms with E-state index in [0.29, 0.717) is 18.5 Å². The number of nitrogens with zero attached hydrogens (tertiary/aromatic N) is 1. The quantitative estimate of drug-likeness (QED) is 0.708. The van der Waals surface area contributed by atoms with Gasteiger partial charge in [-0.1, -0.05) is 68.3 Å². The lowest BCUT2D eigenvalue weighted by Gasteiger charge is -2.43. The van der Waals surface area contributed by atoms with Crippen LogP contribution in [0.15, 0.2) is 57.5 Å². The van der Waals surface area contributed by atoms with Crippen molar-refractivity contribution in [3.63, 3.8) is 0 Å². The minimum Gasteiger partial charge on any atom is -0.384 e. The van der Waals surface area contributed by atoms with Gasteiger partial charge in [0.05, 0.1) is 5.92 Å². The number of likely N-dealkylation sites (tertiary alicyclic amines) is 1. The number of piperidine rings is 1. The van der Waals surface area contributed by atoms with Gasteiger partial charge in [0.25, 0.3) is 0 Å². The van der Waals surface area contributed by atoms with Gasteiger partial charge in [0.15, 0.2) is 5.78 Å². The van der Waals surface area contributed by atoms with Crippen LogP contribution in [0.5, 0.6) is 0 Å². The first-order chi connectivity index (χ1) is 11.4.